The molecule has 0 saturated heterocycles. The van der Waals surface area contributed by atoms with Crippen molar-refractivity contribution >= 4 is 6.08 Å². The standard InChI is InChI=1S/C23H34/c1-2-4-6-8-10-12-15-21-19-23-17-13-16-22(23)18-20(21)14-11-9-7-5-3-1/h13,16,18-19H,1-12,14-15,17H2. The number of benzene rings is 1. The van der Waals surface area contributed by atoms with Gasteiger partial charge in [-0.1, -0.05) is 88.5 Å². The Hall–Kier alpha value is -1.04. The normalized spacial score (nSPS) is 20.9. The molecule has 0 atom stereocenters. The minimum absolute atomic E-state index is 1.16. The van der Waals surface area contributed by atoms with Crippen molar-refractivity contribution < 1.29 is 0 Å². The maximum absolute atomic E-state index is 2.54. The number of hydrogen-bond donors (Lipinski definition) is 0. The molecule has 0 bridgehead atoms. The molecule has 0 N–H and O–H groups in total. The van der Waals surface area contributed by atoms with E-state index in [0.29, 0.717) is 0 Å². The van der Waals surface area contributed by atoms with Crippen molar-refractivity contribution in [2.24, 2.45) is 0 Å². The van der Waals surface area contributed by atoms with E-state index in [1.165, 1.54) is 95.5 Å². The van der Waals surface area contributed by atoms with Gasteiger partial charge in [-0.2, -0.15) is 0 Å². The topological polar surface area (TPSA) is 0 Å². The van der Waals surface area contributed by atoms with E-state index in [9.17, 15) is 0 Å². The third-order valence-corrected chi connectivity index (χ3v) is 5.74. The molecular formula is C23H34. The summed E-state index contributed by atoms with van der Waals surface area (Å²) in [5.74, 6) is 0. The number of fused-ring (bicyclic) bond motifs is 2. The van der Waals surface area contributed by atoms with Crippen molar-refractivity contribution in [2.75, 3.05) is 0 Å². The van der Waals surface area contributed by atoms with Gasteiger partial charge < -0.3 is 0 Å². The van der Waals surface area contributed by atoms with E-state index in [1.54, 1.807) is 16.7 Å². The van der Waals surface area contributed by atoms with Gasteiger partial charge in [0.25, 0.3) is 0 Å². The first-order chi connectivity index (χ1) is 11.4. The maximum Gasteiger partial charge on any atom is -0.00881 e. The number of rotatable bonds is 0. The van der Waals surface area contributed by atoms with Crippen LogP contribution in [0.5, 0.6) is 0 Å². The molecule has 2 aliphatic carbocycles. The van der Waals surface area contributed by atoms with Crippen LogP contribution >= 0.6 is 0 Å². The summed E-state index contributed by atoms with van der Waals surface area (Å²) in [4.78, 5) is 0. The van der Waals surface area contributed by atoms with Gasteiger partial charge in [0, 0.05) is 0 Å². The highest BCUT2D eigenvalue weighted by Gasteiger charge is 2.11. The Labute approximate surface area is 143 Å². The lowest BCUT2D eigenvalue weighted by Gasteiger charge is -2.13. The predicted molar refractivity (Wildman–Crippen MR) is 102 cm³/mol. The quantitative estimate of drug-likeness (QED) is 0.482. The molecule has 126 valence electrons. The lowest BCUT2D eigenvalue weighted by molar-refractivity contribution is 0.537. The summed E-state index contributed by atoms with van der Waals surface area (Å²) in [7, 11) is 0. The minimum atomic E-state index is 1.16. The number of aryl methyl sites for hydroxylation is 2. The van der Waals surface area contributed by atoms with Crippen LogP contribution in [0, 0.1) is 0 Å². The highest BCUT2D eigenvalue weighted by molar-refractivity contribution is 5.62. The van der Waals surface area contributed by atoms with Gasteiger partial charge in [-0.3, -0.25) is 0 Å². The van der Waals surface area contributed by atoms with Gasteiger partial charge >= 0.3 is 0 Å². The Morgan fingerprint density at radius 2 is 0.957 bits per heavy atom. The molecule has 0 unspecified atom stereocenters. The second-order valence-electron chi connectivity index (χ2n) is 7.67. The monoisotopic (exact) mass is 310 g/mol. The van der Waals surface area contributed by atoms with E-state index in [2.05, 4.69) is 24.3 Å². The molecular weight excluding hydrogens is 276 g/mol. The molecule has 0 nitrogen and oxygen atoms in total. The molecule has 0 fully saturated rings. The Balaban J connectivity index is 1.63. The predicted octanol–water partition coefficient (Wildman–Crippen LogP) is 7.04. The average molecular weight is 311 g/mol. The molecule has 0 aliphatic heterocycles. The van der Waals surface area contributed by atoms with Crippen molar-refractivity contribution in [3.8, 4) is 0 Å². The molecule has 3 rings (SSSR count). The van der Waals surface area contributed by atoms with E-state index in [1.807, 2.05) is 0 Å². The van der Waals surface area contributed by atoms with E-state index in [0.717, 1.165) is 6.42 Å². The van der Waals surface area contributed by atoms with E-state index in [4.69, 9.17) is 0 Å². The molecule has 0 saturated carbocycles. The molecule has 1 aromatic carbocycles. The maximum atomic E-state index is 2.54. The minimum Gasteiger partial charge on any atom is -0.0795 e. The number of allylic oxidation sites excluding steroid dienone is 1. The van der Waals surface area contributed by atoms with E-state index >= 15 is 0 Å². The molecule has 0 heteroatoms. The van der Waals surface area contributed by atoms with Gasteiger partial charge in [0.15, 0.2) is 0 Å². The second-order valence-corrected chi connectivity index (χ2v) is 7.67. The zero-order valence-electron chi connectivity index (χ0n) is 14.9. The fraction of sp³-hybridized carbons (Fsp3) is 0.652. The second kappa shape index (κ2) is 9.30. The summed E-state index contributed by atoms with van der Waals surface area (Å²) in [6, 6.07) is 5.05. The van der Waals surface area contributed by atoms with Crippen LogP contribution in [0.3, 0.4) is 0 Å². The van der Waals surface area contributed by atoms with Gasteiger partial charge in [0.1, 0.15) is 0 Å². The highest BCUT2D eigenvalue weighted by atomic mass is 14.2. The Morgan fingerprint density at radius 3 is 1.52 bits per heavy atom. The van der Waals surface area contributed by atoms with Crippen molar-refractivity contribution in [3.63, 3.8) is 0 Å². The lowest BCUT2D eigenvalue weighted by Crippen LogP contribution is -1.99. The van der Waals surface area contributed by atoms with Gasteiger partial charge in [-0.05, 0) is 54.4 Å². The van der Waals surface area contributed by atoms with Gasteiger partial charge in [0.05, 0.1) is 0 Å². The van der Waals surface area contributed by atoms with Gasteiger partial charge in [0.2, 0.25) is 0 Å². The van der Waals surface area contributed by atoms with Crippen molar-refractivity contribution in [1.29, 1.82) is 0 Å². The van der Waals surface area contributed by atoms with Crippen LogP contribution < -0.4 is 0 Å². The SMILES string of the molecule is C1=Cc2cc3c(cc2C1)CCCCCCCCCCCCCC3. The van der Waals surface area contributed by atoms with Crippen LogP contribution in [0.4, 0.5) is 0 Å². The summed E-state index contributed by atoms with van der Waals surface area (Å²) in [5, 5.41) is 0. The van der Waals surface area contributed by atoms with Crippen LogP contribution in [0.25, 0.3) is 6.08 Å². The first-order valence-corrected chi connectivity index (χ1v) is 10.2. The van der Waals surface area contributed by atoms with E-state index < -0.39 is 0 Å². The molecule has 23 heavy (non-hydrogen) atoms. The zero-order valence-corrected chi connectivity index (χ0v) is 14.9. The van der Waals surface area contributed by atoms with E-state index in [-0.39, 0.29) is 0 Å². The first kappa shape index (κ1) is 16.8. The van der Waals surface area contributed by atoms with Crippen molar-refractivity contribution in [2.45, 2.75) is 96.3 Å². The third-order valence-electron chi connectivity index (χ3n) is 5.74. The van der Waals surface area contributed by atoms with Crippen molar-refractivity contribution in [3.05, 3.63) is 40.5 Å². The molecule has 0 aromatic heterocycles. The van der Waals surface area contributed by atoms with Crippen LogP contribution in [-0.2, 0) is 19.3 Å². The summed E-state index contributed by atoms with van der Waals surface area (Å²) in [5.41, 5.74) is 6.39. The largest absolute Gasteiger partial charge is 0.0795 e. The summed E-state index contributed by atoms with van der Waals surface area (Å²) in [6.45, 7) is 0. The first-order valence-electron chi connectivity index (χ1n) is 10.2. The molecule has 1 aromatic rings. The third kappa shape index (κ3) is 5.23. The lowest BCUT2D eigenvalue weighted by atomic mass is 9.92. The van der Waals surface area contributed by atoms with Crippen LogP contribution in [0.1, 0.15) is 99.3 Å². The van der Waals surface area contributed by atoms with Crippen LogP contribution in [0.15, 0.2) is 18.2 Å². The smallest absolute Gasteiger partial charge is 0.00881 e. The van der Waals surface area contributed by atoms with Crippen LogP contribution in [-0.4, -0.2) is 0 Å². The Morgan fingerprint density at radius 1 is 0.478 bits per heavy atom. The van der Waals surface area contributed by atoms with Gasteiger partial charge in [-0.15, -0.1) is 0 Å². The fourth-order valence-electron chi connectivity index (χ4n) is 4.27. The molecule has 0 spiro atoms. The average Bonchev–Trinajstić information content (AvgIpc) is 3.01. The Kier molecular flexibility index (Phi) is 6.80. The van der Waals surface area contributed by atoms with Gasteiger partial charge in [-0.25, -0.2) is 0 Å². The molecule has 2 aliphatic rings. The summed E-state index contributed by atoms with van der Waals surface area (Å²) < 4.78 is 0. The molecule has 0 amide bonds. The highest BCUT2D eigenvalue weighted by Crippen LogP contribution is 2.27. The molecule has 0 heterocycles. The molecule has 0 radical (unpaired) electrons. The summed E-state index contributed by atoms with van der Waals surface area (Å²) >= 11 is 0. The van der Waals surface area contributed by atoms with Crippen LogP contribution in [0.2, 0.25) is 0 Å². The number of hydrogen-bond acceptors (Lipinski definition) is 0. The fourth-order valence-corrected chi connectivity index (χ4v) is 4.27. The summed E-state index contributed by atoms with van der Waals surface area (Å²) in [6.07, 6.45) is 25.7. The zero-order chi connectivity index (χ0) is 15.7. The Bertz CT molecular complexity index is 509. The van der Waals surface area contributed by atoms with Crippen molar-refractivity contribution in [1.82, 2.24) is 0 Å².